The van der Waals surface area contributed by atoms with E-state index >= 15 is 0 Å². The number of hydrogen-bond acceptors (Lipinski definition) is 5. The molecule has 1 fully saturated rings. The summed E-state index contributed by atoms with van der Waals surface area (Å²) in [6.07, 6.45) is 0.690. The number of Topliss-reactive ketones (excluding diaryl/α,β-unsaturated/α-hetero) is 1. The zero-order valence-corrected chi connectivity index (χ0v) is 15.9. The number of methoxy groups -OCH3 is 1. The van der Waals surface area contributed by atoms with Gasteiger partial charge in [0.2, 0.25) is 0 Å². The van der Waals surface area contributed by atoms with E-state index in [1.807, 2.05) is 0 Å². The molecule has 1 saturated heterocycles. The third kappa shape index (κ3) is 3.27. The molecule has 0 radical (unpaired) electrons. The number of halogens is 1. The van der Waals surface area contributed by atoms with Crippen molar-refractivity contribution in [2.24, 2.45) is 0 Å². The topological polar surface area (TPSA) is 76.1 Å². The van der Waals surface area contributed by atoms with Crippen LogP contribution in [0, 0.1) is 5.82 Å². The average molecular weight is 397 g/mol. The Morgan fingerprint density at radius 3 is 2.83 bits per heavy atom. The second-order valence-corrected chi connectivity index (χ2v) is 6.93. The van der Waals surface area contributed by atoms with E-state index in [-0.39, 0.29) is 30.0 Å². The summed E-state index contributed by atoms with van der Waals surface area (Å²) in [5.74, 6) is -1.79. The van der Waals surface area contributed by atoms with Crippen LogP contribution in [0.5, 0.6) is 5.75 Å². The molecule has 0 saturated carbocycles. The lowest BCUT2D eigenvalue weighted by atomic mass is 9.94. The van der Waals surface area contributed by atoms with Crippen LogP contribution in [-0.2, 0) is 20.7 Å². The van der Waals surface area contributed by atoms with Crippen LogP contribution < -0.4 is 4.74 Å². The molecule has 0 spiro atoms. The number of hydrogen-bond donors (Lipinski definition) is 1. The quantitative estimate of drug-likeness (QED) is 0.477. The number of amides is 1. The minimum absolute atomic E-state index is 0.0921. The molecule has 2 aromatic carbocycles. The molecule has 2 aromatic rings. The molecule has 2 aliphatic rings. The summed E-state index contributed by atoms with van der Waals surface area (Å²) in [5.41, 5.74) is 1.31. The lowest BCUT2D eigenvalue weighted by molar-refractivity contribution is -0.140. The third-order valence-electron chi connectivity index (χ3n) is 5.24. The van der Waals surface area contributed by atoms with Gasteiger partial charge in [-0.2, -0.15) is 0 Å². The van der Waals surface area contributed by atoms with E-state index < -0.39 is 23.5 Å². The van der Waals surface area contributed by atoms with Gasteiger partial charge in [-0.15, -0.1) is 0 Å². The van der Waals surface area contributed by atoms with Crippen LogP contribution in [0.1, 0.15) is 22.7 Å². The molecule has 1 atom stereocenters. The maximum absolute atomic E-state index is 14.6. The van der Waals surface area contributed by atoms with Gasteiger partial charge in [0.25, 0.3) is 11.7 Å². The highest BCUT2D eigenvalue weighted by Crippen LogP contribution is 2.40. The molecular formula is C22H20FNO5. The molecule has 0 aromatic heterocycles. The van der Waals surface area contributed by atoms with Crippen molar-refractivity contribution in [1.82, 2.24) is 4.90 Å². The summed E-state index contributed by atoms with van der Waals surface area (Å²) in [5, 5.41) is 11.0. The number of rotatable bonds is 5. The Hall–Kier alpha value is -3.19. The Morgan fingerprint density at radius 2 is 2.07 bits per heavy atom. The lowest BCUT2D eigenvalue weighted by Crippen LogP contribution is -2.33. The summed E-state index contributed by atoms with van der Waals surface area (Å²) in [7, 11) is 1.47. The number of benzene rings is 2. The number of carbonyl (C=O) groups excluding carboxylic acids is 2. The number of fused-ring (bicyclic) bond motifs is 1. The van der Waals surface area contributed by atoms with Gasteiger partial charge in [0.15, 0.2) is 0 Å². The number of ether oxygens (including phenoxy) is 2. The fourth-order valence-corrected chi connectivity index (χ4v) is 3.81. The normalized spacial score (nSPS) is 20.1. The highest BCUT2D eigenvalue weighted by Gasteiger charge is 2.46. The minimum Gasteiger partial charge on any atom is -0.507 e. The van der Waals surface area contributed by atoms with Crippen LogP contribution in [0.2, 0.25) is 0 Å². The fraction of sp³-hybridized carbons (Fsp3) is 0.273. The van der Waals surface area contributed by atoms with Crippen LogP contribution in [0.4, 0.5) is 4.39 Å². The zero-order valence-electron chi connectivity index (χ0n) is 15.9. The Balaban J connectivity index is 1.86. The number of carbonyl (C=O) groups is 2. The first kappa shape index (κ1) is 19.1. The first-order valence-electron chi connectivity index (χ1n) is 9.30. The molecule has 6 nitrogen and oxygen atoms in total. The van der Waals surface area contributed by atoms with E-state index in [9.17, 15) is 19.1 Å². The molecule has 4 rings (SSSR count). The van der Waals surface area contributed by atoms with E-state index in [1.54, 1.807) is 24.3 Å². The van der Waals surface area contributed by atoms with E-state index in [0.29, 0.717) is 18.6 Å². The van der Waals surface area contributed by atoms with E-state index in [2.05, 4.69) is 0 Å². The number of likely N-dealkylation sites (tertiary alicyclic amines) is 1. The van der Waals surface area contributed by atoms with Crippen LogP contribution in [-0.4, -0.2) is 48.6 Å². The Kier molecular flexibility index (Phi) is 5.07. The van der Waals surface area contributed by atoms with Crippen molar-refractivity contribution < 1.29 is 28.6 Å². The summed E-state index contributed by atoms with van der Waals surface area (Å²) in [4.78, 5) is 26.7. The molecule has 2 heterocycles. The molecule has 150 valence electrons. The summed E-state index contributed by atoms with van der Waals surface area (Å²) >= 11 is 0. The van der Waals surface area contributed by atoms with Crippen molar-refractivity contribution in [2.75, 3.05) is 26.9 Å². The third-order valence-corrected chi connectivity index (χ3v) is 5.24. The molecule has 0 aliphatic carbocycles. The predicted octanol–water partition coefficient (Wildman–Crippen LogP) is 2.83. The Morgan fingerprint density at radius 1 is 1.28 bits per heavy atom. The van der Waals surface area contributed by atoms with Crippen LogP contribution >= 0.6 is 0 Å². The van der Waals surface area contributed by atoms with E-state index in [4.69, 9.17) is 9.47 Å². The second kappa shape index (κ2) is 7.67. The highest BCUT2D eigenvalue weighted by atomic mass is 19.1. The van der Waals surface area contributed by atoms with Crippen LogP contribution in [0.3, 0.4) is 0 Å². The van der Waals surface area contributed by atoms with Crippen LogP contribution in [0.25, 0.3) is 5.76 Å². The number of nitrogens with zero attached hydrogens (tertiary/aromatic N) is 1. The maximum atomic E-state index is 14.6. The fourth-order valence-electron chi connectivity index (χ4n) is 3.81. The van der Waals surface area contributed by atoms with E-state index in [1.165, 1.54) is 30.2 Å². The lowest BCUT2D eigenvalue weighted by Gasteiger charge is -2.25. The SMILES string of the molecule is COCCN1C(=O)C(=O)/C(=C(/O)c2ccc3c(c2)CCO3)C1c1ccccc1F. The zero-order chi connectivity index (χ0) is 20.5. The van der Waals surface area contributed by atoms with Gasteiger partial charge >= 0.3 is 0 Å². The van der Waals surface area contributed by atoms with Crippen molar-refractivity contribution in [3.8, 4) is 5.75 Å². The second-order valence-electron chi connectivity index (χ2n) is 6.93. The molecule has 0 bridgehead atoms. The molecule has 1 amide bonds. The molecule has 2 aliphatic heterocycles. The van der Waals surface area contributed by atoms with Crippen LogP contribution in [0.15, 0.2) is 48.0 Å². The standard InChI is InChI=1S/C22H20FNO5/c1-28-11-9-24-19(15-4-2-3-5-16(15)23)18(21(26)22(24)27)20(25)14-6-7-17-13(12-14)8-10-29-17/h2-7,12,19,25H,8-11H2,1H3/b20-18+. The van der Waals surface area contributed by atoms with Gasteiger partial charge in [-0.25, -0.2) is 4.39 Å². The van der Waals surface area contributed by atoms with Crippen molar-refractivity contribution in [3.05, 3.63) is 70.5 Å². The van der Waals surface area contributed by atoms with Gasteiger partial charge in [0.05, 0.1) is 24.8 Å². The van der Waals surface area contributed by atoms with Gasteiger partial charge < -0.3 is 19.5 Å². The smallest absolute Gasteiger partial charge is 0.295 e. The highest BCUT2D eigenvalue weighted by molar-refractivity contribution is 6.46. The van der Waals surface area contributed by atoms with Gasteiger partial charge in [-0.1, -0.05) is 18.2 Å². The van der Waals surface area contributed by atoms with Gasteiger partial charge in [-0.05, 0) is 29.8 Å². The molecule has 1 unspecified atom stereocenters. The monoisotopic (exact) mass is 397 g/mol. The van der Waals surface area contributed by atoms with Crippen molar-refractivity contribution in [3.63, 3.8) is 0 Å². The largest absolute Gasteiger partial charge is 0.507 e. The van der Waals surface area contributed by atoms with Crippen molar-refractivity contribution in [2.45, 2.75) is 12.5 Å². The first-order chi connectivity index (χ1) is 14.0. The molecule has 7 heteroatoms. The summed E-state index contributed by atoms with van der Waals surface area (Å²) in [6.45, 7) is 0.819. The summed E-state index contributed by atoms with van der Waals surface area (Å²) in [6, 6.07) is 9.97. The Bertz CT molecular complexity index is 1020. The van der Waals surface area contributed by atoms with E-state index in [0.717, 1.165) is 11.3 Å². The minimum atomic E-state index is -1.03. The van der Waals surface area contributed by atoms with Crippen molar-refractivity contribution in [1.29, 1.82) is 0 Å². The Labute approximate surface area is 167 Å². The molecule has 1 N–H and O–H groups in total. The maximum Gasteiger partial charge on any atom is 0.295 e. The summed E-state index contributed by atoms with van der Waals surface area (Å²) < 4.78 is 25.1. The number of aliphatic hydroxyl groups excluding tert-OH is 1. The first-order valence-corrected chi connectivity index (χ1v) is 9.30. The predicted molar refractivity (Wildman–Crippen MR) is 103 cm³/mol. The molecular weight excluding hydrogens is 377 g/mol. The van der Waals surface area contributed by atoms with Crippen molar-refractivity contribution >= 4 is 17.4 Å². The van der Waals surface area contributed by atoms with Gasteiger partial charge in [-0.3, -0.25) is 9.59 Å². The molecule has 29 heavy (non-hydrogen) atoms. The van der Waals surface area contributed by atoms with Gasteiger partial charge in [0.1, 0.15) is 17.3 Å². The number of ketones is 1. The van der Waals surface area contributed by atoms with Gasteiger partial charge in [0, 0.05) is 31.2 Å². The average Bonchev–Trinajstić information content (AvgIpc) is 3.29. The number of aliphatic hydroxyl groups is 1.